The van der Waals surface area contributed by atoms with Crippen molar-refractivity contribution in [2.45, 2.75) is 0 Å². The molecule has 2 aromatic rings. The van der Waals surface area contributed by atoms with Gasteiger partial charge in [-0.25, -0.2) is 14.6 Å². The van der Waals surface area contributed by atoms with Crippen molar-refractivity contribution in [2.75, 3.05) is 19.0 Å². The van der Waals surface area contributed by atoms with Crippen molar-refractivity contribution in [1.29, 1.82) is 0 Å². The van der Waals surface area contributed by atoms with E-state index in [1.807, 2.05) is 0 Å². The van der Waals surface area contributed by atoms with Crippen LogP contribution in [0.15, 0.2) is 30.7 Å². The highest BCUT2D eigenvalue weighted by atomic mass is 16.5. The monoisotopic (exact) mass is 208 g/mol. The van der Waals surface area contributed by atoms with Crippen molar-refractivity contribution in [3.8, 4) is 0 Å². The van der Waals surface area contributed by atoms with Crippen LogP contribution < -0.4 is 16.2 Å². The van der Waals surface area contributed by atoms with Crippen LogP contribution in [0.25, 0.3) is 11.2 Å². The molecule has 2 rings (SSSR count). The van der Waals surface area contributed by atoms with Crippen molar-refractivity contribution in [2.24, 2.45) is 0 Å². The normalized spacial score (nSPS) is 10.5. The lowest BCUT2D eigenvalue weighted by atomic mass is 10.4. The van der Waals surface area contributed by atoms with E-state index in [4.69, 9.17) is 8.83 Å². The largest absolute Gasteiger partial charge is 0.423 e. The molecule has 0 aliphatic heterocycles. The van der Waals surface area contributed by atoms with Crippen molar-refractivity contribution in [1.82, 2.24) is 4.98 Å². The highest BCUT2D eigenvalue weighted by molar-refractivity contribution is 5.81. The van der Waals surface area contributed by atoms with E-state index in [9.17, 15) is 9.59 Å². The number of rotatable bonds is 1. The summed E-state index contributed by atoms with van der Waals surface area (Å²) in [4.78, 5) is 27.6. The van der Waals surface area contributed by atoms with Crippen molar-refractivity contribution >= 4 is 17.0 Å². The fraction of sp³-hybridized carbons (Fsp3) is 0.222. The number of fused-ring (bicyclic) bond motifs is 1. The Morgan fingerprint density at radius 2 is 1.87 bits per heavy atom. The van der Waals surface area contributed by atoms with Gasteiger partial charge in [-0.2, -0.15) is 0 Å². The van der Waals surface area contributed by atoms with Gasteiger partial charge in [0.2, 0.25) is 5.58 Å². The molecule has 6 heteroatoms. The van der Waals surface area contributed by atoms with Crippen molar-refractivity contribution in [3.05, 3.63) is 33.1 Å². The first-order valence-corrected chi connectivity index (χ1v) is 4.20. The Balaban J connectivity index is 2.92. The van der Waals surface area contributed by atoms with Crippen LogP contribution in [0, 0.1) is 0 Å². The Morgan fingerprint density at radius 1 is 1.20 bits per heavy atom. The lowest BCUT2D eigenvalue weighted by Gasteiger charge is -2.10. The molecule has 0 N–H and O–H groups in total. The first kappa shape index (κ1) is 9.45. The molecule has 15 heavy (non-hydrogen) atoms. The summed E-state index contributed by atoms with van der Waals surface area (Å²) in [6.07, 6.45) is 1.47. The Morgan fingerprint density at radius 3 is 2.53 bits per heavy atom. The number of nitrogens with zero attached hydrogens (tertiary/aromatic N) is 2. The zero-order valence-corrected chi connectivity index (χ0v) is 8.18. The minimum atomic E-state index is -1.03. The summed E-state index contributed by atoms with van der Waals surface area (Å²) in [6, 6.07) is 1.46. The third-order valence-corrected chi connectivity index (χ3v) is 1.84. The number of pyridine rings is 1. The van der Waals surface area contributed by atoms with E-state index < -0.39 is 11.3 Å². The van der Waals surface area contributed by atoms with E-state index in [0.717, 1.165) is 0 Å². The molecular weight excluding hydrogens is 200 g/mol. The molecule has 0 aliphatic rings. The quantitative estimate of drug-likeness (QED) is 0.623. The molecule has 0 aromatic carbocycles. The zero-order chi connectivity index (χ0) is 11.0. The number of hydrogen-bond donors (Lipinski definition) is 0. The molecule has 2 aromatic heterocycles. The summed E-state index contributed by atoms with van der Waals surface area (Å²) in [6.45, 7) is 0. The molecule has 0 spiro atoms. The maximum atomic E-state index is 11.0. The van der Waals surface area contributed by atoms with Gasteiger partial charge in [0.1, 0.15) is 0 Å². The molecule has 0 radical (unpaired) electrons. The van der Waals surface area contributed by atoms with E-state index in [1.165, 1.54) is 12.3 Å². The molecule has 6 nitrogen and oxygen atoms in total. The summed E-state index contributed by atoms with van der Waals surface area (Å²) < 4.78 is 9.57. The third-order valence-electron chi connectivity index (χ3n) is 1.84. The van der Waals surface area contributed by atoms with Gasteiger partial charge in [-0.3, -0.25) is 0 Å². The van der Waals surface area contributed by atoms with Crippen LogP contribution in [0.2, 0.25) is 0 Å². The standard InChI is InChI=1S/C9H8N2O4/c1-11(2)7-6-5(3-4-10-7)14-8(12)9(13)15-6/h3-4H,1-2H3. The van der Waals surface area contributed by atoms with Crippen LogP contribution in [0.3, 0.4) is 0 Å². The van der Waals surface area contributed by atoms with Crippen LogP contribution in [0.1, 0.15) is 0 Å². The van der Waals surface area contributed by atoms with Crippen LogP contribution in [0.4, 0.5) is 5.82 Å². The van der Waals surface area contributed by atoms with Gasteiger partial charge in [-0.15, -0.1) is 0 Å². The smallest absolute Gasteiger partial charge is 0.414 e. The molecule has 0 saturated carbocycles. The zero-order valence-electron chi connectivity index (χ0n) is 8.18. The van der Waals surface area contributed by atoms with Crippen LogP contribution in [0.5, 0.6) is 0 Å². The summed E-state index contributed by atoms with van der Waals surface area (Å²) in [5.41, 5.74) is -1.66. The van der Waals surface area contributed by atoms with Gasteiger partial charge in [0.25, 0.3) is 0 Å². The molecule has 0 fully saturated rings. The van der Waals surface area contributed by atoms with Gasteiger partial charge in [0.05, 0.1) is 0 Å². The number of anilines is 1. The van der Waals surface area contributed by atoms with Gasteiger partial charge in [0.15, 0.2) is 11.4 Å². The summed E-state index contributed by atoms with van der Waals surface area (Å²) in [5.74, 6) is 0.438. The second-order valence-corrected chi connectivity index (χ2v) is 3.14. The van der Waals surface area contributed by atoms with E-state index in [0.29, 0.717) is 5.82 Å². The maximum absolute atomic E-state index is 11.0. The SMILES string of the molecule is CN(C)c1nccc2oc(=O)c(=O)oc12. The van der Waals surface area contributed by atoms with E-state index in [2.05, 4.69) is 4.98 Å². The van der Waals surface area contributed by atoms with Crippen LogP contribution in [-0.2, 0) is 0 Å². The Labute approximate surface area is 83.8 Å². The Bertz CT molecular complexity index is 611. The van der Waals surface area contributed by atoms with E-state index in [-0.39, 0.29) is 11.2 Å². The second kappa shape index (κ2) is 3.23. The van der Waals surface area contributed by atoms with Crippen molar-refractivity contribution < 1.29 is 8.83 Å². The lowest BCUT2D eigenvalue weighted by Crippen LogP contribution is -2.22. The first-order valence-electron chi connectivity index (χ1n) is 4.20. The predicted molar refractivity (Wildman–Crippen MR) is 53.1 cm³/mol. The Hall–Kier alpha value is -2.11. The van der Waals surface area contributed by atoms with Gasteiger partial charge in [-0.05, 0) is 0 Å². The Kier molecular flexibility index (Phi) is 2.03. The van der Waals surface area contributed by atoms with Gasteiger partial charge in [0, 0.05) is 26.4 Å². The fourth-order valence-corrected chi connectivity index (χ4v) is 1.19. The van der Waals surface area contributed by atoms with Crippen molar-refractivity contribution in [3.63, 3.8) is 0 Å². The molecule has 0 amide bonds. The molecule has 2 heterocycles. The highest BCUT2D eigenvalue weighted by Crippen LogP contribution is 2.19. The van der Waals surface area contributed by atoms with E-state index in [1.54, 1.807) is 19.0 Å². The van der Waals surface area contributed by atoms with Gasteiger partial charge in [-0.1, -0.05) is 0 Å². The van der Waals surface area contributed by atoms with Gasteiger partial charge < -0.3 is 13.7 Å². The minimum Gasteiger partial charge on any atom is -0.414 e. The molecule has 0 aliphatic carbocycles. The molecule has 0 unspecified atom stereocenters. The fourth-order valence-electron chi connectivity index (χ4n) is 1.19. The summed E-state index contributed by atoms with van der Waals surface area (Å²) >= 11 is 0. The third kappa shape index (κ3) is 1.50. The maximum Gasteiger partial charge on any atom is 0.423 e. The minimum absolute atomic E-state index is 0.173. The van der Waals surface area contributed by atoms with Gasteiger partial charge >= 0.3 is 11.3 Å². The second-order valence-electron chi connectivity index (χ2n) is 3.14. The average molecular weight is 208 g/mol. The summed E-state index contributed by atoms with van der Waals surface area (Å²) in [5, 5.41) is 0. The van der Waals surface area contributed by atoms with Crippen LogP contribution >= 0.6 is 0 Å². The molecule has 0 saturated heterocycles. The summed E-state index contributed by atoms with van der Waals surface area (Å²) in [7, 11) is 3.49. The topological polar surface area (TPSA) is 76.6 Å². The molecule has 78 valence electrons. The van der Waals surface area contributed by atoms with Crippen LogP contribution in [-0.4, -0.2) is 19.1 Å². The number of hydrogen-bond acceptors (Lipinski definition) is 6. The molecular formula is C9H8N2O4. The highest BCUT2D eigenvalue weighted by Gasteiger charge is 2.11. The predicted octanol–water partition coefficient (Wildman–Crippen LogP) is 0.207. The number of aromatic nitrogens is 1. The lowest BCUT2D eigenvalue weighted by molar-refractivity contribution is 0.448. The molecule has 0 bridgehead atoms. The first-order chi connectivity index (χ1) is 7.09. The van der Waals surface area contributed by atoms with E-state index >= 15 is 0 Å². The molecule has 0 atom stereocenters. The average Bonchev–Trinajstić information content (AvgIpc) is 2.18.